The van der Waals surface area contributed by atoms with Crippen molar-refractivity contribution in [2.75, 3.05) is 6.54 Å². The number of aryl methyl sites for hydroxylation is 1. The first-order valence-electron chi connectivity index (χ1n) is 5.73. The fraction of sp³-hybridized carbons (Fsp3) is 0.286. The van der Waals surface area contributed by atoms with E-state index in [1.165, 1.54) is 5.56 Å². The van der Waals surface area contributed by atoms with Crippen LogP contribution in [-0.2, 0) is 5.54 Å². The third-order valence-corrected chi connectivity index (χ3v) is 3.18. The monoisotopic (exact) mass is 238 g/mol. The predicted octanol–water partition coefficient (Wildman–Crippen LogP) is 1.66. The number of hydrogen-bond donors (Lipinski definition) is 2. The Morgan fingerprint density at radius 3 is 2.28 bits per heavy atom. The molecule has 0 saturated carbocycles. The van der Waals surface area contributed by atoms with Crippen LogP contribution in [0.4, 0.5) is 0 Å². The number of hydrogen-bond acceptors (Lipinski definition) is 4. The van der Waals surface area contributed by atoms with Gasteiger partial charge in [-0.3, -0.25) is 0 Å². The minimum absolute atomic E-state index is 0.298. The van der Waals surface area contributed by atoms with Gasteiger partial charge in [-0.15, -0.1) is 0 Å². The third-order valence-electron chi connectivity index (χ3n) is 3.18. The summed E-state index contributed by atoms with van der Waals surface area (Å²) in [5, 5.41) is 24.1. The maximum absolute atomic E-state index is 9.05. The summed E-state index contributed by atoms with van der Waals surface area (Å²) < 4.78 is 0. The first-order valence-corrected chi connectivity index (χ1v) is 5.73. The van der Waals surface area contributed by atoms with Gasteiger partial charge in [0.05, 0.1) is 5.54 Å². The van der Waals surface area contributed by atoms with Crippen LogP contribution in [0.25, 0.3) is 0 Å². The molecule has 1 aromatic carbocycles. The average Bonchev–Trinajstić information content (AvgIpc) is 2.39. The van der Waals surface area contributed by atoms with E-state index >= 15 is 0 Å². The maximum Gasteiger partial charge on any atom is 0.148 e. The molecule has 0 saturated heterocycles. The van der Waals surface area contributed by atoms with Gasteiger partial charge in [0.25, 0.3) is 0 Å². The van der Waals surface area contributed by atoms with Crippen molar-refractivity contribution in [1.82, 2.24) is 10.6 Å². The molecule has 1 aliphatic rings. The number of rotatable bonds is 1. The standard InChI is InChI=1S/C14H14N4/c1-10-3-5-11(6-4-10)14(2)9-17-12(7-15)13(8-16)18-14/h3-6,17-18H,9H2,1-2H3. The molecule has 1 atom stereocenters. The highest BCUT2D eigenvalue weighted by atomic mass is 15.1. The number of allylic oxidation sites excluding steroid dienone is 2. The van der Waals surface area contributed by atoms with Crippen molar-refractivity contribution in [2.24, 2.45) is 0 Å². The van der Waals surface area contributed by atoms with E-state index < -0.39 is 0 Å². The lowest BCUT2D eigenvalue weighted by molar-refractivity contribution is 0.373. The van der Waals surface area contributed by atoms with E-state index in [0.717, 1.165) is 5.56 Å². The Balaban J connectivity index is 2.36. The molecule has 1 heterocycles. The van der Waals surface area contributed by atoms with Crippen LogP contribution >= 0.6 is 0 Å². The van der Waals surface area contributed by atoms with Crippen LogP contribution in [0.1, 0.15) is 18.1 Å². The second-order valence-corrected chi connectivity index (χ2v) is 4.65. The summed E-state index contributed by atoms with van der Waals surface area (Å²) in [5.74, 6) is 0. The molecule has 1 aromatic rings. The Kier molecular flexibility index (Phi) is 2.95. The van der Waals surface area contributed by atoms with E-state index in [-0.39, 0.29) is 5.54 Å². The molecule has 0 aromatic heterocycles. The van der Waals surface area contributed by atoms with Crippen molar-refractivity contribution in [1.29, 1.82) is 10.5 Å². The Morgan fingerprint density at radius 2 is 1.72 bits per heavy atom. The lowest BCUT2D eigenvalue weighted by atomic mass is 9.89. The molecule has 0 spiro atoms. The zero-order valence-corrected chi connectivity index (χ0v) is 10.4. The second kappa shape index (κ2) is 4.43. The van der Waals surface area contributed by atoms with E-state index in [9.17, 15) is 0 Å². The highest BCUT2D eigenvalue weighted by Crippen LogP contribution is 2.25. The number of nitriles is 2. The van der Waals surface area contributed by atoms with Gasteiger partial charge in [-0.1, -0.05) is 29.8 Å². The zero-order valence-electron chi connectivity index (χ0n) is 10.4. The van der Waals surface area contributed by atoms with Crippen molar-refractivity contribution in [3.63, 3.8) is 0 Å². The molecule has 4 heteroatoms. The molecule has 0 radical (unpaired) electrons. The Bertz CT molecular complexity index is 571. The van der Waals surface area contributed by atoms with Crippen LogP contribution in [0.5, 0.6) is 0 Å². The lowest BCUT2D eigenvalue weighted by Gasteiger charge is -2.36. The van der Waals surface area contributed by atoms with Gasteiger partial charge >= 0.3 is 0 Å². The van der Waals surface area contributed by atoms with Crippen molar-refractivity contribution in [3.8, 4) is 12.1 Å². The molecule has 90 valence electrons. The highest BCUT2D eigenvalue weighted by molar-refractivity contribution is 5.40. The first kappa shape index (κ1) is 12.0. The van der Waals surface area contributed by atoms with E-state index in [2.05, 4.69) is 10.6 Å². The van der Waals surface area contributed by atoms with E-state index in [1.807, 2.05) is 50.3 Å². The smallest absolute Gasteiger partial charge is 0.148 e. The molecule has 0 bridgehead atoms. The van der Waals surface area contributed by atoms with Gasteiger partial charge < -0.3 is 10.6 Å². The molecule has 1 unspecified atom stereocenters. The average molecular weight is 238 g/mol. The second-order valence-electron chi connectivity index (χ2n) is 4.65. The molecule has 2 N–H and O–H groups in total. The molecule has 1 aliphatic heterocycles. The van der Waals surface area contributed by atoms with Crippen LogP contribution in [0, 0.1) is 29.6 Å². The fourth-order valence-corrected chi connectivity index (χ4v) is 2.01. The summed E-state index contributed by atoms with van der Waals surface area (Å²) in [6, 6.07) is 12.2. The SMILES string of the molecule is Cc1ccc(C2(C)CNC(C#N)=C(C#N)N2)cc1. The maximum atomic E-state index is 9.05. The van der Waals surface area contributed by atoms with Crippen molar-refractivity contribution < 1.29 is 0 Å². The van der Waals surface area contributed by atoms with Crippen molar-refractivity contribution >= 4 is 0 Å². The van der Waals surface area contributed by atoms with Crippen LogP contribution in [0.15, 0.2) is 35.7 Å². The van der Waals surface area contributed by atoms with Crippen molar-refractivity contribution in [2.45, 2.75) is 19.4 Å². The van der Waals surface area contributed by atoms with E-state index in [1.54, 1.807) is 0 Å². The van der Waals surface area contributed by atoms with Gasteiger partial charge in [-0.2, -0.15) is 10.5 Å². The Hall–Kier alpha value is -2.46. The van der Waals surface area contributed by atoms with Gasteiger partial charge in [0, 0.05) is 6.54 Å². The van der Waals surface area contributed by atoms with Crippen LogP contribution in [0.3, 0.4) is 0 Å². The summed E-state index contributed by atoms with van der Waals surface area (Å²) in [5.41, 5.74) is 2.51. The quantitative estimate of drug-likeness (QED) is 0.780. The predicted molar refractivity (Wildman–Crippen MR) is 67.9 cm³/mol. The number of benzene rings is 1. The fourth-order valence-electron chi connectivity index (χ4n) is 2.01. The molecular weight excluding hydrogens is 224 g/mol. The third kappa shape index (κ3) is 2.01. The van der Waals surface area contributed by atoms with Crippen LogP contribution < -0.4 is 10.6 Å². The Morgan fingerprint density at radius 1 is 1.11 bits per heavy atom. The summed E-state index contributed by atoms with van der Waals surface area (Å²) in [6.07, 6.45) is 0. The summed E-state index contributed by atoms with van der Waals surface area (Å²) in [7, 11) is 0. The lowest BCUT2D eigenvalue weighted by Crippen LogP contribution is -2.51. The molecule has 0 aliphatic carbocycles. The zero-order chi connectivity index (χ0) is 13.2. The molecule has 0 amide bonds. The van der Waals surface area contributed by atoms with Crippen molar-refractivity contribution in [3.05, 3.63) is 46.8 Å². The molecule has 0 fully saturated rings. The largest absolute Gasteiger partial charge is 0.372 e. The number of nitrogens with one attached hydrogen (secondary N) is 2. The summed E-state index contributed by atoms with van der Waals surface area (Å²) in [6.45, 7) is 4.62. The highest BCUT2D eigenvalue weighted by Gasteiger charge is 2.32. The normalized spacial score (nSPS) is 22.4. The molecule has 18 heavy (non-hydrogen) atoms. The topological polar surface area (TPSA) is 71.6 Å². The first-order chi connectivity index (χ1) is 8.59. The number of nitrogens with zero attached hydrogens (tertiary/aromatic N) is 2. The van der Waals surface area contributed by atoms with Gasteiger partial charge in [0.1, 0.15) is 23.5 Å². The van der Waals surface area contributed by atoms with Crippen LogP contribution in [-0.4, -0.2) is 6.54 Å². The molecular formula is C14H14N4. The Labute approximate surface area is 107 Å². The van der Waals surface area contributed by atoms with Gasteiger partial charge in [0.2, 0.25) is 0 Å². The molecule has 2 rings (SSSR count). The van der Waals surface area contributed by atoms with E-state index in [0.29, 0.717) is 17.9 Å². The van der Waals surface area contributed by atoms with Gasteiger partial charge in [0.15, 0.2) is 0 Å². The van der Waals surface area contributed by atoms with Gasteiger partial charge in [-0.05, 0) is 19.4 Å². The summed E-state index contributed by atoms with van der Waals surface area (Å²) >= 11 is 0. The van der Waals surface area contributed by atoms with Gasteiger partial charge in [-0.25, -0.2) is 0 Å². The minimum atomic E-state index is -0.376. The van der Waals surface area contributed by atoms with Crippen LogP contribution in [0.2, 0.25) is 0 Å². The summed E-state index contributed by atoms with van der Waals surface area (Å²) in [4.78, 5) is 0. The minimum Gasteiger partial charge on any atom is -0.372 e. The molecule has 4 nitrogen and oxygen atoms in total. The van der Waals surface area contributed by atoms with E-state index in [4.69, 9.17) is 10.5 Å².